The van der Waals surface area contributed by atoms with Gasteiger partial charge in [-0.1, -0.05) is 11.3 Å². The molecule has 17 heavy (non-hydrogen) atoms. The first kappa shape index (κ1) is 12.6. The molecule has 4 nitrogen and oxygen atoms in total. The van der Waals surface area contributed by atoms with Gasteiger partial charge in [0.25, 0.3) is 0 Å². The lowest BCUT2D eigenvalue weighted by Gasteiger charge is -2.19. The van der Waals surface area contributed by atoms with E-state index in [1.165, 1.54) is 0 Å². The highest BCUT2D eigenvalue weighted by atomic mass is 32.1. The highest BCUT2D eigenvalue weighted by molar-refractivity contribution is 7.20. The Labute approximate surface area is 109 Å². The maximum absolute atomic E-state index is 4.20. The maximum Gasteiger partial charge on any atom is 0.159 e. The number of thiazole rings is 1. The number of nitrogens with zero attached hydrogens (tertiary/aromatic N) is 3. The van der Waals surface area contributed by atoms with Gasteiger partial charge in [0, 0.05) is 24.7 Å². The monoisotopic (exact) mass is 268 g/mol. The third-order valence-electron chi connectivity index (χ3n) is 2.10. The van der Waals surface area contributed by atoms with Crippen LogP contribution in [0.2, 0.25) is 0 Å². The van der Waals surface area contributed by atoms with Crippen molar-refractivity contribution in [1.82, 2.24) is 20.5 Å². The minimum Gasteiger partial charge on any atom is -0.312 e. The lowest BCUT2D eigenvalue weighted by atomic mass is 10.1. The first-order valence-corrected chi connectivity index (χ1v) is 7.20. The summed E-state index contributed by atoms with van der Waals surface area (Å²) in [5, 5.41) is 13.9. The Kier molecular flexibility index (Phi) is 3.86. The van der Waals surface area contributed by atoms with E-state index in [0.29, 0.717) is 0 Å². The lowest BCUT2D eigenvalue weighted by Crippen LogP contribution is -2.37. The van der Waals surface area contributed by atoms with Crippen LogP contribution in [0.5, 0.6) is 0 Å². The second-order valence-corrected chi connectivity index (χ2v) is 6.74. The highest BCUT2D eigenvalue weighted by Crippen LogP contribution is 2.26. The second kappa shape index (κ2) is 5.20. The van der Waals surface area contributed by atoms with Crippen molar-refractivity contribution in [3.05, 3.63) is 16.7 Å². The predicted molar refractivity (Wildman–Crippen MR) is 72.5 cm³/mol. The number of rotatable bonds is 4. The van der Waals surface area contributed by atoms with Gasteiger partial charge in [0.15, 0.2) is 5.01 Å². The smallest absolute Gasteiger partial charge is 0.159 e. The predicted octanol–water partition coefficient (Wildman–Crippen LogP) is 2.59. The van der Waals surface area contributed by atoms with E-state index in [1.54, 1.807) is 22.7 Å². The van der Waals surface area contributed by atoms with E-state index in [-0.39, 0.29) is 5.54 Å². The summed E-state index contributed by atoms with van der Waals surface area (Å²) in [7, 11) is 0. The summed E-state index contributed by atoms with van der Waals surface area (Å²) in [6.07, 6.45) is 2.76. The Balaban J connectivity index is 1.91. The summed E-state index contributed by atoms with van der Waals surface area (Å²) in [4.78, 5) is 5.14. The fourth-order valence-corrected chi connectivity index (χ4v) is 2.83. The van der Waals surface area contributed by atoms with Crippen LogP contribution in [0.15, 0.2) is 11.7 Å². The molecule has 0 saturated heterocycles. The Hall–Kier alpha value is -0.850. The topological polar surface area (TPSA) is 50.7 Å². The van der Waals surface area contributed by atoms with Crippen molar-refractivity contribution in [2.75, 3.05) is 6.54 Å². The molecule has 0 bridgehead atoms. The molecule has 0 amide bonds. The fourth-order valence-electron chi connectivity index (χ4n) is 1.32. The van der Waals surface area contributed by atoms with Crippen LogP contribution in [-0.2, 0) is 6.42 Å². The first-order valence-electron chi connectivity index (χ1n) is 5.51. The molecule has 2 heterocycles. The van der Waals surface area contributed by atoms with Gasteiger partial charge in [0.05, 0.1) is 10.4 Å². The minimum absolute atomic E-state index is 0.158. The number of hydrogen-bond donors (Lipinski definition) is 1. The Bertz CT molecular complexity index is 456. The van der Waals surface area contributed by atoms with Gasteiger partial charge in [-0.25, -0.2) is 0 Å². The van der Waals surface area contributed by atoms with Gasteiger partial charge in [0.2, 0.25) is 0 Å². The van der Waals surface area contributed by atoms with Crippen LogP contribution >= 0.6 is 22.7 Å². The van der Waals surface area contributed by atoms with Gasteiger partial charge in [-0.3, -0.25) is 4.98 Å². The van der Waals surface area contributed by atoms with Crippen LogP contribution in [0.3, 0.4) is 0 Å². The normalized spacial score (nSPS) is 11.9. The van der Waals surface area contributed by atoms with E-state index >= 15 is 0 Å². The summed E-state index contributed by atoms with van der Waals surface area (Å²) in [5.74, 6) is 0. The van der Waals surface area contributed by atoms with Crippen LogP contribution < -0.4 is 5.32 Å². The zero-order valence-corrected chi connectivity index (χ0v) is 11.9. The summed E-state index contributed by atoms with van der Waals surface area (Å²) >= 11 is 3.25. The molecule has 6 heteroatoms. The number of aromatic nitrogens is 3. The minimum atomic E-state index is 0.158. The molecule has 0 saturated carbocycles. The first-order chi connectivity index (χ1) is 8.04. The molecule has 0 aliphatic rings. The third kappa shape index (κ3) is 3.83. The Morgan fingerprint density at radius 2 is 2.12 bits per heavy atom. The van der Waals surface area contributed by atoms with E-state index in [2.05, 4.69) is 41.3 Å². The Morgan fingerprint density at radius 3 is 2.76 bits per heavy atom. The van der Waals surface area contributed by atoms with Crippen molar-refractivity contribution in [1.29, 1.82) is 0 Å². The Morgan fingerprint density at radius 1 is 1.29 bits per heavy atom. The van der Waals surface area contributed by atoms with Crippen LogP contribution in [0.1, 0.15) is 25.8 Å². The maximum atomic E-state index is 4.20. The van der Waals surface area contributed by atoms with Gasteiger partial charge in [-0.2, -0.15) is 0 Å². The summed E-state index contributed by atoms with van der Waals surface area (Å²) in [6, 6.07) is 0. The summed E-state index contributed by atoms with van der Waals surface area (Å²) in [5.41, 5.74) is 1.97. The zero-order chi connectivity index (χ0) is 12.3. The molecule has 1 N–H and O–H groups in total. The summed E-state index contributed by atoms with van der Waals surface area (Å²) in [6.45, 7) is 7.42. The van der Waals surface area contributed by atoms with Gasteiger partial charge >= 0.3 is 0 Å². The van der Waals surface area contributed by atoms with Gasteiger partial charge in [-0.05, 0) is 20.8 Å². The molecule has 0 aliphatic heterocycles. The van der Waals surface area contributed by atoms with Crippen molar-refractivity contribution in [2.24, 2.45) is 0 Å². The van der Waals surface area contributed by atoms with Crippen molar-refractivity contribution in [3.8, 4) is 9.88 Å². The number of hydrogen-bond acceptors (Lipinski definition) is 6. The average molecular weight is 268 g/mol. The van der Waals surface area contributed by atoms with Gasteiger partial charge in [0.1, 0.15) is 5.01 Å². The molecule has 2 aromatic rings. The van der Waals surface area contributed by atoms with Gasteiger partial charge < -0.3 is 5.32 Å². The van der Waals surface area contributed by atoms with E-state index in [1.807, 2.05) is 11.7 Å². The molecular formula is C11H16N4S2. The van der Waals surface area contributed by atoms with Crippen LogP contribution in [0.25, 0.3) is 9.88 Å². The third-order valence-corrected chi connectivity index (χ3v) is 4.03. The molecule has 2 rings (SSSR count). The molecule has 0 atom stereocenters. The van der Waals surface area contributed by atoms with Crippen molar-refractivity contribution in [3.63, 3.8) is 0 Å². The largest absolute Gasteiger partial charge is 0.312 e. The van der Waals surface area contributed by atoms with Gasteiger partial charge in [-0.15, -0.1) is 21.5 Å². The molecular weight excluding hydrogens is 252 g/mol. The quantitative estimate of drug-likeness (QED) is 0.926. The van der Waals surface area contributed by atoms with Crippen LogP contribution in [0, 0.1) is 0 Å². The van der Waals surface area contributed by atoms with Crippen molar-refractivity contribution >= 4 is 22.7 Å². The van der Waals surface area contributed by atoms with E-state index in [0.717, 1.165) is 27.9 Å². The zero-order valence-electron chi connectivity index (χ0n) is 10.2. The molecule has 0 radical (unpaired) electrons. The molecule has 92 valence electrons. The lowest BCUT2D eigenvalue weighted by molar-refractivity contribution is 0.429. The van der Waals surface area contributed by atoms with E-state index < -0.39 is 0 Å². The molecule has 0 unspecified atom stereocenters. The molecule has 0 spiro atoms. The average Bonchev–Trinajstić information content (AvgIpc) is 2.83. The SMILES string of the molecule is CC(C)(C)NCCc1nnc(-c2cncs2)s1. The van der Waals surface area contributed by atoms with Crippen molar-refractivity contribution in [2.45, 2.75) is 32.7 Å². The van der Waals surface area contributed by atoms with Crippen molar-refractivity contribution < 1.29 is 0 Å². The summed E-state index contributed by atoms with van der Waals surface area (Å²) < 4.78 is 0. The van der Waals surface area contributed by atoms with Crippen LogP contribution in [0.4, 0.5) is 0 Å². The molecule has 0 aromatic carbocycles. The van der Waals surface area contributed by atoms with E-state index in [4.69, 9.17) is 0 Å². The number of nitrogens with one attached hydrogen (secondary N) is 1. The van der Waals surface area contributed by atoms with E-state index in [9.17, 15) is 0 Å². The van der Waals surface area contributed by atoms with Crippen LogP contribution in [-0.4, -0.2) is 27.3 Å². The standard InChI is InChI=1S/C11H16N4S2/c1-11(2,3)13-5-4-9-14-15-10(17-9)8-6-12-7-16-8/h6-7,13H,4-5H2,1-3H3. The second-order valence-electron chi connectivity index (χ2n) is 4.79. The molecule has 0 fully saturated rings. The molecule has 0 aliphatic carbocycles. The molecule has 2 aromatic heterocycles. The highest BCUT2D eigenvalue weighted by Gasteiger charge is 2.10. The fraction of sp³-hybridized carbons (Fsp3) is 0.545.